The van der Waals surface area contributed by atoms with Crippen LogP contribution in [0.25, 0.3) is 10.1 Å². The standard InChI is InChI=1S/C23H23FN2O2S/c24-19-9-5-10-20-18(19)16-21(29-20)23(28)26-14-12-25(13-15-26)22(27)11-4-8-17-6-2-1-3-7-17/h1-3,5-7,9-10,16H,4,8,11-15H2. The van der Waals surface area contributed by atoms with Gasteiger partial charge >= 0.3 is 0 Å². The molecule has 6 heteroatoms. The van der Waals surface area contributed by atoms with Gasteiger partial charge in [-0.25, -0.2) is 4.39 Å². The highest BCUT2D eigenvalue weighted by atomic mass is 32.1. The summed E-state index contributed by atoms with van der Waals surface area (Å²) in [7, 11) is 0. The number of carbonyl (C=O) groups is 2. The van der Waals surface area contributed by atoms with Gasteiger partial charge in [0.2, 0.25) is 5.91 Å². The number of halogens is 1. The first kappa shape index (κ1) is 19.6. The summed E-state index contributed by atoms with van der Waals surface area (Å²) in [6.45, 7) is 2.13. The predicted octanol–water partition coefficient (Wildman–Crippen LogP) is 4.35. The molecule has 0 N–H and O–H groups in total. The molecule has 1 fully saturated rings. The quantitative estimate of drug-likeness (QED) is 0.628. The molecule has 1 aromatic heterocycles. The van der Waals surface area contributed by atoms with Crippen LogP contribution in [0.5, 0.6) is 0 Å². The van der Waals surface area contributed by atoms with Crippen LogP contribution in [0.2, 0.25) is 0 Å². The van der Waals surface area contributed by atoms with Crippen LogP contribution in [0, 0.1) is 5.82 Å². The minimum atomic E-state index is -0.302. The molecule has 150 valence electrons. The fourth-order valence-electron chi connectivity index (χ4n) is 3.69. The lowest BCUT2D eigenvalue weighted by atomic mass is 10.1. The predicted molar refractivity (Wildman–Crippen MR) is 114 cm³/mol. The fourth-order valence-corrected chi connectivity index (χ4v) is 4.74. The van der Waals surface area contributed by atoms with Gasteiger partial charge < -0.3 is 9.80 Å². The highest BCUT2D eigenvalue weighted by Gasteiger charge is 2.25. The average Bonchev–Trinajstić information content (AvgIpc) is 3.20. The molecule has 4 rings (SSSR count). The Hall–Kier alpha value is -2.73. The SMILES string of the molecule is O=C(CCCc1ccccc1)N1CCN(C(=O)c2cc3c(F)cccc3s2)CC1. The highest BCUT2D eigenvalue weighted by Crippen LogP contribution is 2.28. The molecule has 0 radical (unpaired) electrons. The Kier molecular flexibility index (Phi) is 5.90. The summed E-state index contributed by atoms with van der Waals surface area (Å²) in [6, 6.07) is 16.7. The van der Waals surface area contributed by atoms with E-state index in [9.17, 15) is 14.0 Å². The normalized spacial score (nSPS) is 14.4. The topological polar surface area (TPSA) is 40.6 Å². The lowest BCUT2D eigenvalue weighted by Crippen LogP contribution is -2.50. The number of thiophene rings is 1. The van der Waals surface area contributed by atoms with E-state index in [-0.39, 0.29) is 17.6 Å². The first-order valence-electron chi connectivity index (χ1n) is 9.91. The molecule has 1 aliphatic rings. The molecule has 1 aliphatic heterocycles. The molecule has 0 atom stereocenters. The van der Waals surface area contributed by atoms with Gasteiger partial charge in [0, 0.05) is 42.7 Å². The number of rotatable bonds is 5. The van der Waals surface area contributed by atoms with Gasteiger partial charge in [-0.15, -0.1) is 11.3 Å². The van der Waals surface area contributed by atoms with Crippen LogP contribution < -0.4 is 0 Å². The number of hydrogen-bond donors (Lipinski definition) is 0. The van der Waals surface area contributed by atoms with E-state index in [0.717, 1.165) is 17.5 Å². The molecule has 3 aromatic rings. The monoisotopic (exact) mass is 410 g/mol. The van der Waals surface area contributed by atoms with Crippen molar-refractivity contribution >= 4 is 33.2 Å². The Morgan fingerprint density at radius 3 is 2.38 bits per heavy atom. The largest absolute Gasteiger partial charge is 0.339 e. The number of benzene rings is 2. The van der Waals surface area contributed by atoms with Crippen LogP contribution >= 0.6 is 11.3 Å². The molecule has 0 aliphatic carbocycles. The van der Waals surface area contributed by atoms with Gasteiger partial charge in [0.05, 0.1) is 4.88 Å². The number of amides is 2. The summed E-state index contributed by atoms with van der Waals surface area (Å²) < 4.78 is 14.7. The first-order chi connectivity index (χ1) is 14.1. The number of fused-ring (bicyclic) bond motifs is 1. The van der Waals surface area contributed by atoms with E-state index in [1.54, 1.807) is 17.0 Å². The Balaban J connectivity index is 1.28. The van der Waals surface area contributed by atoms with Gasteiger partial charge in [0.25, 0.3) is 5.91 Å². The van der Waals surface area contributed by atoms with Crippen LogP contribution in [-0.4, -0.2) is 47.8 Å². The van der Waals surface area contributed by atoms with E-state index in [2.05, 4.69) is 12.1 Å². The molecule has 0 saturated carbocycles. The molecule has 1 saturated heterocycles. The van der Waals surface area contributed by atoms with Crippen LogP contribution in [0.3, 0.4) is 0 Å². The molecular formula is C23H23FN2O2S. The zero-order valence-corrected chi connectivity index (χ0v) is 17.0. The maximum atomic E-state index is 13.9. The number of piperazine rings is 1. The van der Waals surface area contributed by atoms with E-state index in [4.69, 9.17) is 0 Å². The van der Waals surface area contributed by atoms with Crippen LogP contribution in [-0.2, 0) is 11.2 Å². The molecule has 29 heavy (non-hydrogen) atoms. The Morgan fingerprint density at radius 2 is 1.66 bits per heavy atom. The van der Waals surface area contributed by atoms with Gasteiger partial charge in [-0.05, 0) is 36.6 Å². The number of aryl methyl sites for hydroxylation is 1. The van der Waals surface area contributed by atoms with Gasteiger partial charge in [-0.1, -0.05) is 36.4 Å². The maximum absolute atomic E-state index is 13.9. The van der Waals surface area contributed by atoms with E-state index in [1.807, 2.05) is 29.2 Å². The van der Waals surface area contributed by atoms with E-state index in [0.29, 0.717) is 42.9 Å². The van der Waals surface area contributed by atoms with Gasteiger partial charge in [-0.2, -0.15) is 0 Å². The minimum absolute atomic E-state index is 0.0817. The third-order valence-electron chi connectivity index (χ3n) is 5.34. The Labute approximate surface area is 173 Å². The van der Waals surface area contributed by atoms with Crippen molar-refractivity contribution in [3.05, 3.63) is 70.9 Å². The average molecular weight is 411 g/mol. The van der Waals surface area contributed by atoms with E-state index >= 15 is 0 Å². The lowest BCUT2D eigenvalue weighted by molar-refractivity contribution is -0.132. The van der Waals surface area contributed by atoms with Crippen molar-refractivity contribution in [1.82, 2.24) is 9.80 Å². The summed E-state index contributed by atoms with van der Waals surface area (Å²) >= 11 is 1.32. The van der Waals surface area contributed by atoms with Crippen LogP contribution in [0.15, 0.2) is 54.6 Å². The first-order valence-corrected chi connectivity index (χ1v) is 10.7. The summed E-state index contributed by atoms with van der Waals surface area (Å²) in [5.74, 6) is -0.234. The number of carbonyl (C=O) groups excluding carboxylic acids is 2. The number of hydrogen-bond acceptors (Lipinski definition) is 3. The second kappa shape index (κ2) is 8.74. The Morgan fingerprint density at radius 1 is 0.931 bits per heavy atom. The zero-order valence-electron chi connectivity index (χ0n) is 16.1. The summed E-state index contributed by atoms with van der Waals surface area (Å²) in [5, 5.41) is 0.494. The third-order valence-corrected chi connectivity index (χ3v) is 6.43. The number of nitrogens with zero attached hydrogens (tertiary/aromatic N) is 2. The summed E-state index contributed by atoms with van der Waals surface area (Å²) in [6.07, 6.45) is 2.25. The maximum Gasteiger partial charge on any atom is 0.264 e. The molecule has 2 aromatic carbocycles. The van der Waals surface area contributed by atoms with Crippen LogP contribution in [0.4, 0.5) is 4.39 Å². The third kappa shape index (κ3) is 4.48. The molecule has 2 heterocycles. The van der Waals surface area contributed by atoms with Crippen molar-refractivity contribution in [2.75, 3.05) is 26.2 Å². The fraction of sp³-hybridized carbons (Fsp3) is 0.304. The van der Waals surface area contributed by atoms with Crippen molar-refractivity contribution in [2.45, 2.75) is 19.3 Å². The summed E-state index contributed by atoms with van der Waals surface area (Å²) in [4.78, 5) is 29.4. The zero-order chi connectivity index (χ0) is 20.2. The molecule has 0 unspecified atom stereocenters. The second-order valence-electron chi connectivity index (χ2n) is 7.27. The highest BCUT2D eigenvalue weighted by molar-refractivity contribution is 7.20. The smallest absolute Gasteiger partial charge is 0.264 e. The van der Waals surface area contributed by atoms with Crippen molar-refractivity contribution in [2.24, 2.45) is 0 Å². The Bertz CT molecular complexity index is 1010. The molecular weight excluding hydrogens is 387 g/mol. The van der Waals surface area contributed by atoms with Gasteiger partial charge in [0.15, 0.2) is 0 Å². The molecule has 2 amide bonds. The van der Waals surface area contributed by atoms with Crippen molar-refractivity contribution in [3.8, 4) is 0 Å². The molecule has 0 spiro atoms. The van der Waals surface area contributed by atoms with E-state index < -0.39 is 0 Å². The lowest BCUT2D eigenvalue weighted by Gasteiger charge is -2.34. The summed E-state index contributed by atoms with van der Waals surface area (Å²) in [5.41, 5.74) is 1.25. The van der Waals surface area contributed by atoms with Crippen molar-refractivity contribution in [1.29, 1.82) is 0 Å². The molecule has 4 nitrogen and oxygen atoms in total. The van der Waals surface area contributed by atoms with Crippen molar-refractivity contribution in [3.63, 3.8) is 0 Å². The second-order valence-corrected chi connectivity index (χ2v) is 8.36. The van der Waals surface area contributed by atoms with Crippen molar-refractivity contribution < 1.29 is 14.0 Å². The van der Waals surface area contributed by atoms with E-state index in [1.165, 1.54) is 23.0 Å². The molecule has 0 bridgehead atoms. The van der Waals surface area contributed by atoms with Gasteiger partial charge in [0.1, 0.15) is 5.82 Å². The van der Waals surface area contributed by atoms with Gasteiger partial charge in [-0.3, -0.25) is 9.59 Å². The minimum Gasteiger partial charge on any atom is -0.339 e. The van der Waals surface area contributed by atoms with Crippen LogP contribution in [0.1, 0.15) is 28.1 Å².